The van der Waals surface area contributed by atoms with Gasteiger partial charge < -0.3 is 14.8 Å². The zero-order chi connectivity index (χ0) is 20.4. The molecule has 1 N–H and O–H groups in total. The minimum Gasteiger partial charge on any atom is -0.486 e. The predicted molar refractivity (Wildman–Crippen MR) is 122 cm³/mol. The molecule has 0 aromatic heterocycles. The fourth-order valence-electron chi connectivity index (χ4n) is 2.97. The van der Waals surface area contributed by atoms with Crippen molar-refractivity contribution in [2.45, 2.75) is 0 Å². The molecule has 0 fully saturated rings. The van der Waals surface area contributed by atoms with Crippen molar-refractivity contribution in [3.05, 3.63) is 85.4 Å². The molecule has 29 heavy (non-hydrogen) atoms. The molecule has 0 bridgehead atoms. The molecule has 7 heteroatoms. The molecule has 146 valence electrons. The first-order chi connectivity index (χ1) is 14.0. The SMILES string of the molecule is O=C(Nc1cc2c(cc1C(=O)c1ccc(Br)cc1)OCCO2)c1ccccc1I. The van der Waals surface area contributed by atoms with E-state index in [1.165, 1.54) is 0 Å². The number of halogens is 2. The van der Waals surface area contributed by atoms with Crippen molar-refractivity contribution in [1.82, 2.24) is 0 Å². The molecule has 1 aliphatic heterocycles. The van der Waals surface area contributed by atoms with Crippen LogP contribution >= 0.6 is 38.5 Å². The first kappa shape index (κ1) is 19.9. The van der Waals surface area contributed by atoms with Crippen LogP contribution in [0.5, 0.6) is 11.5 Å². The highest BCUT2D eigenvalue weighted by atomic mass is 127. The molecule has 0 spiro atoms. The number of benzene rings is 3. The van der Waals surface area contributed by atoms with Crippen molar-refractivity contribution >= 4 is 55.9 Å². The van der Waals surface area contributed by atoms with Gasteiger partial charge in [-0.15, -0.1) is 0 Å². The van der Waals surface area contributed by atoms with E-state index in [0.717, 1.165) is 8.04 Å². The van der Waals surface area contributed by atoms with Crippen LogP contribution in [0.2, 0.25) is 0 Å². The average molecular weight is 564 g/mol. The quantitative estimate of drug-likeness (QED) is 0.345. The molecule has 3 aromatic carbocycles. The summed E-state index contributed by atoms with van der Waals surface area (Å²) >= 11 is 5.48. The van der Waals surface area contributed by atoms with Gasteiger partial charge in [0.15, 0.2) is 17.3 Å². The third-order valence-corrected chi connectivity index (χ3v) is 5.87. The van der Waals surface area contributed by atoms with Gasteiger partial charge in [0.25, 0.3) is 5.91 Å². The standard InChI is InChI=1S/C22H15BrINO4/c23-14-7-5-13(6-8-14)21(26)16-11-19-20(29-10-9-28-19)12-18(16)25-22(27)15-3-1-2-4-17(15)24/h1-8,11-12H,9-10H2,(H,25,27). The molecular weight excluding hydrogens is 549 g/mol. The molecule has 0 saturated carbocycles. The van der Waals surface area contributed by atoms with Crippen molar-refractivity contribution in [2.24, 2.45) is 0 Å². The molecule has 0 radical (unpaired) electrons. The maximum Gasteiger partial charge on any atom is 0.256 e. The van der Waals surface area contributed by atoms with Crippen LogP contribution in [-0.4, -0.2) is 24.9 Å². The fraction of sp³-hybridized carbons (Fsp3) is 0.0909. The zero-order valence-electron chi connectivity index (χ0n) is 15.1. The van der Waals surface area contributed by atoms with Gasteiger partial charge >= 0.3 is 0 Å². The summed E-state index contributed by atoms with van der Waals surface area (Å²) in [5, 5.41) is 2.87. The Morgan fingerprint density at radius 1 is 0.897 bits per heavy atom. The molecule has 0 saturated heterocycles. The van der Waals surface area contributed by atoms with Gasteiger partial charge in [-0.25, -0.2) is 0 Å². The van der Waals surface area contributed by atoms with E-state index < -0.39 is 0 Å². The Bertz CT molecular complexity index is 1100. The summed E-state index contributed by atoms with van der Waals surface area (Å²) in [6, 6.07) is 17.6. The molecule has 5 nitrogen and oxygen atoms in total. The van der Waals surface area contributed by atoms with Gasteiger partial charge in [0.2, 0.25) is 0 Å². The first-order valence-electron chi connectivity index (χ1n) is 8.83. The Labute approximate surface area is 189 Å². The van der Waals surface area contributed by atoms with Crippen molar-refractivity contribution < 1.29 is 19.1 Å². The lowest BCUT2D eigenvalue weighted by Crippen LogP contribution is -2.19. The van der Waals surface area contributed by atoms with Gasteiger partial charge in [0.1, 0.15) is 13.2 Å². The Hall–Kier alpha value is -2.39. The topological polar surface area (TPSA) is 64.6 Å². The summed E-state index contributed by atoms with van der Waals surface area (Å²) in [4.78, 5) is 26.0. The number of amides is 1. The van der Waals surface area contributed by atoms with Crippen molar-refractivity contribution in [2.75, 3.05) is 18.5 Å². The van der Waals surface area contributed by atoms with E-state index in [4.69, 9.17) is 9.47 Å². The highest BCUT2D eigenvalue weighted by molar-refractivity contribution is 14.1. The van der Waals surface area contributed by atoms with Crippen LogP contribution in [0.4, 0.5) is 5.69 Å². The molecule has 0 aliphatic carbocycles. The Kier molecular flexibility index (Phi) is 5.86. The summed E-state index contributed by atoms with van der Waals surface area (Å²) < 4.78 is 13.0. The van der Waals surface area contributed by atoms with Crippen molar-refractivity contribution in [1.29, 1.82) is 0 Å². The van der Waals surface area contributed by atoms with Gasteiger partial charge in [0.05, 0.1) is 16.8 Å². The molecule has 1 amide bonds. The van der Waals surface area contributed by atoms with Crippen molar-refractivity contribution in [3.8, 4) is 11.5 Å². The van der Waals surface area contributed by atoms with Gasteiger partial charge in [-0.2, -0.15) is 0 Å². The van der Waals surface area contributed by atoms with E-state index >= 15 is 0 Å². The van der Waals surface area contributed by atoms with Crippen LogP contribution < -0.4 is 14.8 Å². The van der Waals surface area contributed by atoms with Crippen LogP contribution in [0, 0.1) is 3.57 Å². The second kappa shape index (κ2) is 8.54. The molecule has 3 aromatic rings. The first-order valence-corrected chi connectivity index (χ1v) is 10.7. The monoisotopic (exact) mass is 563 g/mol. The lowest BCUT2D eigenvalue weighted by Gasteiger charge is -2.21. The number of rotatable bonds is 4. The number of hydrogen-bond donors (Lipinski definition) is 1. The maximum atomic E-state index is 13.2. The summed E-state index contributed by atoms with van der Waals surface area (Å²) in [6.07, 6.45) is 0. The second-order valence-corrected chi connectivity index (χ2v) is 8.39. The molecule has 0 unspecified atom stereocenters. The highest BCUT2D eigenvalue weighted by Crippen LogP contribution is 2.37. The van der Waals surface area contributed by atoms with E-state index in [9.17, 15) is 9.59 Å². The van der Waals surface area contributed by atoms with E-state index in [1.807, 2.05) is 12.1 Å². The predicted octanol–water partition coefficient (Wildman–Crippen LogP) is 5.31. The molecular formula is C22H15BrINO4. The van der Waals surface area contributed by atoms with Crippen LogP contribution in [0.1, 0.15) is 26.3 Å². The molecule has 1 aliphatic rings. The number of nitrogens with one attached hydrogen (secondary N) is 1. The number of fused-ring (bicyclic) bond motifs is 1. The van der Waals surface area contributed by atoms with Crippen LogP contribution in [0.15, 0.2) is 65.1 Å². The third-order valence-electron chi connectivity index (χ3n) is 4.40. The zero-order valence-corrected chi connectivity index (χ0v) is 18.8. The van der Waals surface area contributed by atoms with Crippen LogP contribution in [0.3, 0.4) is 0 Å². The summed E-state index contributed by atoms with van der Waals surface area (Å²) in [5.74, 6) is 0.481. The highest BCUT2D eigenvalue weighted by Gasteiger charge is 2.22. The number of anilines is 1. The smallest absolute Gasteiger partial charge is 0.256 e. The summed E-state index contributed by atoms with van der Waals surface area (Å²) in [5.41, 5.74) is 1.77. The summed E-state index contributed by atoms with van der Waals surface area (Å²) in [6.45, 7) is 0.823. The van der Waals surface area contributed by atoms with E-state index in [-0.39, 0.29) is 11.7 Å². The Morgan fingerprint density at radius 2 is 1.55 bits per heavy atom. The van der Waals surface area contributed by atoms with E-state index in [1.54, 1.807) is 48.5 Å². The van der Waals surface area contributed by atoms with E-state index in [2.05, 4.69) is 43.8 Å². The fourth-order valence-corrected chi connectivity index (χ4v) is 3.87. The number of hydrogen-bond acceptors (Lipinski definition) is 4. The summed E-state index contributed by atoms with van der Waals surface area (Å²) in [7, 11) is 0. The number of ether oxygens (including phenoxy) is 2. The molecule has 4 rings (SSSR count). The molecule has 1 heterocycles. The third kappa shape index (κ3) is 4.30. The number of carbonyl (C=O) groups excluding carboxylic acids is 2. The molecule has 0 atom stereocenters. The van der Waals surface area contributed by atoms with Gasteiger partial charge in [-0.05, 0) is 65.1 Å². The number of carbonyl (C=O) groups is 2. The maximum absolute atomic E-state index is 13.2. The minimum atomic E-state index is -0.295. The lowest BCUT2D eigenvalue weighted by molar-refractivity contribution is 0.102. The second-order valence-electron chi connectivity index (χ2n) is 6.31. The van der Waals surface area contributed by atoms with Gasteiger partial charge in [-0.1, -0.05) is 28.1 Å². The minimum absolute atomic E-state index is 0.215. The Morgan fingerprint density at radius 3 is 2.24 bits per heavy atom. The normalized spacial score (nSPS) is 12.3. The largest absolute Gasteiger partial charge is 0.486 e. The van der Waals surface area contributed by atoms with Crippen molar-refractivity contribution in [3.63, 3.8) is 0 Å². The van der Waals surface area contributed by atoms with Gasteiger partial charge in [0, 0.05) is 19.7 Å². The average Bonchev–Trinajstić information content (AvgIpc) is 2.73. The van der Waals surface area contributed by atoms with Crippen LogP contribution in [0.25, 0.3) is 0 Å². The lowest BCUT2D eigenvalue weighted by atomic mass is 10.0. The van der Waals surface area contributed by atoms with E-state index in [0.29, 0.717) is 47.1 Å². The Balaban J connectivity index is 1.75. The van der Waals surface area contributed by atoms with Gasteiger partial charge in [-0.3, -0.25) is 9.59 Å². The number of ketones is 1. The van der Waals surface area contributed by atoms with Crippen LogP contribution in [-0.2, 0) is 0 Å².